The molecule has 1 aliphatic rings. The van der Waals surface area contributed by atoms with Crippen molar-refractivity contribution in [3.63, 3.8) is 0 Å². The summed E-state index contributed by atoms with van der Waals surface area (Å²) in [6.07, 6.45) is 4.20. The Labute approximate surface area is 97.7 Å². The third kappa shape index (κ3) is 3.70. The first-order chi connectivity index (χ1) is 7.70. The molecule has 4 heteroatoms. The molecule has 1 rings (SSSR count). The second-order valence-corrected chi connectivity index (χ2v) is 4.77. The molecule has 1 saturated heterocycles. The molecule has 4 N–H and O–H groups in total. The smallest absolute Gasteiger partial charge is 0.0927 e. The van der Waals surface area contributed by atoms with Gasteiger partial charge in [0.25, 0.3) is 0 Å². The predicted molar refractivity (Wildman–Crippen MR) is 63.1 cm³/mol. The van der Waals surface area contributed by atoms with Crippen molar-refractivity contribution in [2.45, 2.75) is 57.3 Å². The zero-order valence-corrected chi connectivity index (χ0v) is 10.1. The predicted octanol–water partition coefficient (Wildman–Crippen LogP) is 0.259. The summed E-state index contributed by atoms with van der Waals surface area (Å²) < 4.78 is 0. The van der Waals surface area contributed by atoms with Gasteiger partial charge in [0, 0.05) is 25.1 Å². The molecule has 96 valence electrons. The van der Waals surface area contributed by atoms with Crippen molar-refractivity contribution in [3.8, 4) is 0 Å². The number of aliphatic hydroxyl groups excluding tert-OH is 3. The Hall–Kier alpha value is -0.160. The highest BCUT2D eigenvalue weighted by molar-refractivity contribution is 4.91. The quantitative estimate of drug-likeness (QED) is 0.495. The Balaban J connectivity index is 2.33. The van der Waals surface area contributed by atoms with Crippen molar-refractivity contribution in [1.82, 2.24) is 5.32 Å². The third-order valence-electron chi connectivity index (χ3n) is 3.52. The van der Waals surface area contributed by atoms with Crippen LogP contribution in [0.5, 0.6) is 0 Å². The number of rotatable bonds is 6. The first kappa shape index (κ1) is 13.9. The van der Waals surface area contributed by atoms with E-state index in [1.165, 1.54) is 19.3 Å². The SMILES string of the molecule is CCCCCC[C@H]1NC[C@@H](O)[C@H](O)C1CO. The maximum atomic E-state index is 9.76. The summed E-state index contributed by atoms with van der Waals surface area (Å²) in [4.78, 5) is 0. The van der Waals surface area contributed by atoms with Gasteiger partial charge in [-0.25, -0.2) is 0 Å². The minimum absolute atomic E-state index is 0.0658. The van der Waals surface area contributed by atoms with Gasteiger partial charge in [-0.2, -0.15) is 0 Å². The van der Waals surface area contributed by atoms with Crippen LogP contribution in [0.4, 0.5) is 0 Å². The topological polar surface area (TPSA) is 72.7 Å². The molecule has 16 heavy (non-hydrogen) atoms. The lowest BCUT2D eigenvalue weighted by Gasteiger charge is -2.38. The van der Waals surface area contributed by atoms with Crippen LogP contribution in [-0.4, -0.2) is 46.7 Å². The van der Waals surface area contributed by atoms with Gasteiger partial charge in [0.2, 0.25) is 0 Å². The molecule has 4 nitrogen and oxygen atoms in total. The van der Waals surface area contributed by atoms with E-state index in [1.54, 1.807) is 0 Å². The molecule has 0 saturated carbocycles. The molecule has 1 fully saturated rings. The molecular weight excluding hydrogens is 206 g/mol. The van der Waals surface area contributed by atoms with Gasteiger partial charge in [-0.1, -0.05) is 32.6 Å². The van der Waals surface area contributed by atoms with E-state index in [-0.39, 0.29) is 18.6 Å². The highest BCUT2D eigenvalue weighted by Crippen LogP contribution is 2.21. The molecule has 0 spiro atoms. The highest BCUT2D eigenvalue weighted by atomic mass is 16.3. The van der Waals surface area contributed by atoms with Crippen molar-refractivity contribution in [2.75, 3.05) is 13.2 Å². The number of nitrogens with one attached hydrogen (secondary N) is 1. The largest absolute Gasteiger partial charge is 0.396 e. The molecule has 0 bridgehead atoms. The minimum Gasteiger partial charge on any atom is -0.396 e. The Morgan fingerprint density at radius 3 is 2.56 bits per heavy atom. The Morgan fingerprint density at radius 1 is 1.19 bits per heavy atom. The zero-order chi connectivity index (χ0) is 12.0. The molecule has 1 aliphatic heterocycles. The van der Waals surface area contributed by atoms with Crippen LogP contribution < -0.4 is 5.32 Å². The van der Waals surface area contributed by atoms with Gasteiger partial charge >= 0.3 is 0 Å². The van der Waals surface area contributed by atoms with Gasteiger partial charge in [-0.3, -0.25) is 0 Å². The Kier molecular flexibility index (Phi) is 6.28. The molecule has 0 radical (unpaired) electrons. The first-order valence-corrected chi connectivity index (χ1v) is 6.41. The fourth-order valence-corrected chi connectivity index (χ4v) is 2.41. The van der Waals surface area contributed by atoms with Crippen LogP contribution in [0.1, 0.15) is 39.0 Å². The average molecular weight is 231 g/mol. The number of piperidine rings is 1. The average Bonchev–Trinajstić information content (AvgIpc) is 2.29. The number of aliphatic hydroxyl groups is 3. The minimum atomic E-state index is -0.789. The normalized spacial score (nSPS) is 35.2. The lowest BCUT2D eigenvalue weighted by atomic mass is 9.84. The number of hydrogen-bond acceptors (Lipinski definition) is 4. The van der Waals surface area contributed by atoms with Gasteiger partial charge in [0.05, 0.1) is 12.2 Å². The van der Waals surface area contributed by atoms with Gasteiger partial charge in [0.1, 0.15) is 0 Å². The second kappa shape index (κ2) is 7.22. The van der Waals surface area contributed by atoms with Crippen LogP contribution in [0.3, 0.4) is 0 Å². The van der Waals surface area contributed by atoms with Crippen LogP contribution >= 0.6 is 0 Å². The van der Waals surface area contributed by atoms with E-state index in [0.29, 0.717) is 6.54 Å². The zero-order valence-electron chi connectivity index (χ0n) is 10.1. The number of hydrogen-bond donors (Lipinski definition) is 4. The lowest BCUT2D eigenvalue weighted by Crippen LogP contribution is -2.57. The third-order valence-corrected chi connectivity index (χ3v) is 3.52. The molecule has 4 atom stereocenters. The summed E-state index contributed by atoms with van der Waals surface area (Å²) in [5.74, 6) is -0.231. The Bertz CT molecular complexity index is 189. The van der Waals surface area contributed by atoms with Crippen LogP contribution in [0.15, 0.2) is 0 Å². The van der Waals surface area contributed by atoms with E-state index in [2.05, 4.69) is 12.2 Å². The van der Waals surface area contributed by atoms with Crippen molar-refractivity contribution >= 4 is 0 Å². The summed E-state index contributed by atoms with van der Waals surface area (Å²) in [5, 5.41) is 31.7. The second-order valence-electron chi connectivity index (χ2n) is 4.77. The van der Waals surface area contributed by atoms with E-state index >= 15 is 0 Å². The summed E-state index contributed by atoms with van der Waals surface area (Å²) in [6.45, 7) is 2.54. The fourth-order valence-electron chi connectivity index (χ4n) is 2.41. The van der Waals surface area contributed by atoms with Gasteiger partial charge in [-0.15, -0.1) is 0 Å². The molecule has 1 unspecified atom stereocenters. The van der Waals surface area contributed by atoms with Gasteiger partial charge in [-0.05, 0) is 6.42 Å². The summed E-state index contributed by atoms with van der Waals surface area (Å²) in [7, 11) is 0. The fraction of sp³-hybridized carbons (Fsp3) is 1.00. The van der Waals surface area contributed by atoms with Crippen molar-refractivity contribution in [1.29, 1.82) is 0 Å². The van der Waals surface area contributed by atoms with Crippen LogP contribution in [0.25, 0.3) is 0 Å². The van der Waals surface area contributed by atoms with Gasteiger partial charge < -0.3 is 20.6 Å². The van der Waals surface area contributed by atoms with E-state index < -0.39 is 12.2 Å². The van der Waals surface area contributed by atoms with Crippen LogP contribution in [0, 0.1) is 5.92 Å². The number of β-amino-alcohol motifs (C(OH)–C–C–N with tert-alkyl or cyclic N) is 1. The van der Waals surface area contributed by atoms with Crippen LogP contribution in [-0.2, 0) is 0 Å². The molecule has 0 aliphatic carbocycles. The maximum absolute atomic E-state index is 9.76. The van der Waals surface area contributed by atoms with Crippen molar-refractivity contribution in [3.05, 3.63) is 0 Å². The highest BCUT2D eigenvalue weighted by Gasteiger charge is 2.36. The van der Waals surface area contributed by atoms with E-state index in [4.69, 9.17) is 0 Å². The standard InChI is InChI=1S/C12H25NO3/c1-2-3-4-5-6-10-9(8-14)12(16)11(15)7-13-10/h9-16H,2-8H2,1H3/t9?,10-,11-,12-/m1/s1. The molecule has 0 aromatic rings. The van der Waals surface area contributed by atoms with Crippen molar-refractivity contribution in [2.24, 2.45) is 5.92 Å². The van der Waals surface area contributed by atoms with E-state index in [9.17, 15) is 15.3 Å². The van der Waals surface area contributed by atoms with Crippen molar-refractivity contribution < 1.29 is 15.3 Å². The number of unbranched alkanes of at least 4 members (excludes halogenated alkanes) is 3. The molecule has 0 aromatic carbocycles. The summed E-state index contributed by atoms with van der Waals surface area (Å²) in [6, 6.07) is 0.139. The maximum Gasteiger partial charge on any atom is 0.0927 e. The van der Waals surface area contributed by atoms with Crippen LogP contribution in [0.2, 0.25) is 0 Å². The molecular formula is C12H25NO3. The summed E-state index contributed by atoms with van der Waals surface area (Å²) in [5.41, 5.74) is 0. The van der Waals surface area contributed by atoms with E-state index in [1.807, 2.05) is 0 Å². The molecule has 1 heterocycles. The lowest BCUT2D eigenvalue weighted by molar-refractivity contribution is -0.0679. The molecule has 0 aromatic heterocycles. The van der Waals surface area contributed by atoms with Gasteiger partial charge in [0.15, 0.2) is 0 Å². The van der Waals surface area contributed by atoms with E-state index in [0.717, 1.165) is 12.8 Å². The Morgan fingerprint density at radius 2 is 1.94 bits per heavy atom. The molecule has 0 amide bonds. The monoisotopic (exact) mass is 231 g/mol. The first-order valence-electron chi connectivity index (χ1n) is 6.41. The summed E-state index contributed by atoms with van der Waals surface area (Å²) >= 11 is 0.